The molecule has 3 rings (SSSR count). The van der Waals surface area contributed by atoms with Crippen LogP contribution in [0.2, 0.25) is 0 Å². The van der Waals surface area contributed by atoms with Gasteiger partial charge in [0.05, 0.1) is 0 Å². The van der Waals surface area contributed by atoms with E-state index in [1.54, 1.807) is 0 Å². The van der Waals surface area contributed by atoms with E-state index in [4.69, 9.17) is 0 Å². The average Bonchev–Trinajstić information content (AvgIpc) is 2.94. The summed E-state index contributed by atoms with van der Waals surface area (Å²) in [6, 6.07) is 6.83. The SMILES string of the molecule is CN(c1cccc(Br)n1)C1CC2(CC2)C1. The van der Waals surface area contributed by atoms with Crippen molar-refractivity contribution in [2.24, 2.45) is 5.41 Å². The number of hydrogen-bond acceptors (Lipinski definition) is 2. The van der Waals surface area contributed by atoms with Crippen molar-refractivity contribution in [2.45, 2.75) is 31.7 Å². The first-order valence-corrected chi connectivity index (χ1v) is 6.33. The molecule has 2 nitrogen and oxygen atoms in total. The summed E-state index contributed by atoms with van der Waals surface area (Å²) >= 11 is 3.42. The zero-order valence-corrected chi connectivity index (χ0v) is 10.5. The molecule has 2 fully saturated rings. The van der Waals surface area contributed by atoms with Crippen LogP contribution in [-0.4, -0.2) is 18.1 Å². The lowest BCUT2D eigenvalue weighted by atomic mass is 9.76. The highest BCUT2D eigenvalue weighted by molar-refractivity contribution is 9.10. The van der Waals surface area contributed by atoms with Gasteiger partial charge in [0, 0.05) is 13.1 Å². The number of anilines is 1. The predicted octanol–water partition coefficient (Wildman–Crippen LogP) is 3.22. The highest BCUT2D eigenvalue weighted by Gasteiger charge is 2.54. The second-order valence-corrected chi connectivity index (χ2v) is 5.80. The van der Waals surface area contributed by atoms with Gasteiger partial charge in [-0.2, -0.15) is 0 Å². The molecule has 0 unspecified atom stereocenters. The number of nitrogens with zero attached hydrogens (tertiary/aromatic N) is 2. The van der Waals surface area contributed by atoms with Crippen molar-refractivity contribution in [2.75, 3.05) is 11.9 Å². The van der Waals surface area contributed by atoms with Crippen LogP contribution in [0.5, 0.6) is 0 Å². The van der Waals surface area contributed by atoms with Gasteiger partial charge in [0.25, 0.3) is 0 Å². The van der Waals surface area contributed by atoms with Gasteiger partial charge in [-0.1, -0.05) is 6.07 Å². The summed E-state index contributed by atoms with van der Waals surface area (Å²) in [6.07, 6.45) is 5.67. The molecule has 0 N–H and O–H groups in total. The second kappa shape index (κ2) is 3.21. The Kier molecular flexibility index (Phi) is 2.06. The van der Waals surface area contributed by atoms with Gasteiger partial charge in [0.15, 0.2) is 0 Å². The van der Waals surface area contributed by atoms with E-state index in [1.165, 1.54) is 25.7 Å². The predicted molar refractivity (Wildman–Crippen MR) is 65.0 cm³/mol. The third-order valence-corrected chi connectivity index (χ3v) is 4.35. The lowest BCUT2D eigenvalue weighted by Gasteiger charge is -2.42. The minimum Gasteiger partial charge on any atom is -0.357 e. The lowest BCUT2D eigenvalue weighted by Crippen LogP contribution is -2.44. The van der Waals surface area contributed by atoms with Crippen molar-refractivity contribution >= 4 is 21.7 Å². The van der Waals surface area contributed by atoms with Gasteiger partial charge in [-0.05, 0) is 59.2 Å². The molecule has 80 valence electrons. The molecule has 2 aliphatic rings. The third kappa shape index (κ3) is 1.67. The van der Waals surface area contributed by atoms with Gasteiger partial charge in [-0.15, -0.1) is 0 Å². The first kappa shape index (κ1) is 9.64. The van der Waals surface area contributed by atoms with Crippen molar-refractivity contribution in [1.29, 1.82) is 0 Å². The van der Waals surface area contributed by atoms with E-state index in [9.17, 15) is 0 Å². The van der Waals surface area contributed by atoms with Crippen LogP contribution >= 0.6 is 15.9 Å². The van der Waals surface area contributed by atoms with E-state index in [0.717, 1.165) is 15.8 Å². The summed E-state index contributed by atoms with van der Waals surface area (Å²) in [4.78, 5) is 6.81. The number of rotatable bonds is 2. The average molecular weight is 267 g/mol. The van der Waals surface area contributed by atoms with Crippen molar-refractivity contribution in [1.82, 2.24) is 4.98 Å². The highest BCUT2D eigenvalue weighted by atomic mass is 79.9. The topological polar surface area (TPSA) is 16.1 Å². The molecule has 1 heterocycles. The summed E-state index contributed by atoms with van der Waals surface area (Å²) in [5.74, 6) is 1.09. The van der Waals surface area contributed by atoms with Crippen molar-refractivity contribution in [3.63, 3.8) is 0 Å². The summed E-state index contributed by atoms with van der Waals surface area (Å²) in [5, 5.41) is 0. The zero-order chi connectivity index (χ0) is 10.5. The Morgan fingerprint density at radius 2 is 2.13 bits per heavy atom. The number of aromatic nitrogens is 1. The van der Waals surface area contributed by atoms with Crippen molar-refractivity contribution in [3.05, 3.63) is 22.8 Å². The first-order chi connectivity index (χ1) is 7.19. The van der Waals surface area contributed by atoms with Crippen LogP contribution in [0, 0.1) is 5.41 Å². The molecule has 0 saturated heterocycles. The normalized spacial score (nSPS) is 22.5. The maximum Gasteiger partial charge on any atom is 0.129 e. The third-order valence-electron chi connectivity index (χ3n) is 3.90. The number of hydrogen-bond donors (Lipinski definition) is 0. The summed E-state index contributed by atoms with van der Waals surface area (Å²) < 4.78 is 0.923. The number of pyridine rings is 1. The van der Waals surface area contributed by atoms with Crippen molar-refractivity contribution in [3.8, 4) is 0 Å². The van der Waals surface area contributed by atoms with Gasteiger partial charge in [0.1, 0.15) is 10.4 Å². The molecule has 0 aliphatic heterocycles. The molecule has 0 atom stereocenters. The molecule has 1 aromatic rings. The maximum absolute atomic E-state index is 4.49. The first-order valence-electron chi connectivity index (χ1n) is 5.54. The molecular formula is C12H15BrN2. The summed E-state index contributed by atoms with van der Waals surface area (Å²) in [7, 11) is 2.16. The zero-order valence-electron chi connectivity index (χ0n) is 8.91. The molecule has 1 spiro atoms. The van der Waals surface area contributed by atoms with Crippen LogP contribution in [0.3, 0.4) is 0 Å². The summed E-state index contributed by atoms with van der Waals surface area (Å²) in [5.41, 5.74) is 0.769. The molecule has 0 bridgehead atoms. The minimum atomic E-state index is 0.717. The minimum absolute atomic E-state index is 0.717. The van der Waals surface area contributed by atoms with Gasteiger partial charge in [-0.3, -0.25) is 0 Å². The Bertz CT molecular complexity index is 379. The highest BCUT2D eigenvalue weighted by Crippen LogP contribution is 2.61. The second-order valence-electron chi connectivity index (χ2n) is 4.99. The quantitative estimate of drug-likeness (QED) is 0.765. The smallest absolute Gasteiger partial charge is 0.129 e. The van der Waals surface area contributed by atoms with Gasteiger partial charge < -0.3 is 4.90 Å². The molecule has 1 aromatic heterocycles. The molecular weight excluding hydrogens is 252 g/mol. The fraction of sp³-hybridized carbons (Fsp3) is 0.583. The van der Waals surface area contributed by atoms with Crippen molar-refractivity contribution < 1.29 is 0 Å². The van der Waals surface area contributed by atoms with E-state index in [2.05, 4.69) is 45.0 Å². The summed E-state index contributed by atoms with van der Waals surface area (Å²) in [6.45, 7) is 0. The van der Waals surface area contributed by atoms with E-state index in [-0.39, 0.29) is 0 Å². The molecule has 2 saturated carbocycles. The molecule has 2 aliphatic carbocycles. The number of halogens is 1. The Labute approximate surface area is 98.8 Å². The van der Waals surface area contributed by atoms with Gasteiger partial charge in [-0.25, -0.2) is 4.98 Å². The van der Waals surface area contributed by atoms with Crippen LogP contribution in [0.15, 0.2) is 22.8 Å². The fourth-order valence-corrected chi connectivity index (χ4v) is 2.91. The van der Waals surface area contributed by atoms with Crippen LogP contribution in [0.1, 0.15) is 25.7 Å². The van der Waals surface area contributed by atoms with E-state index >= 15 is 0 Å². The Morgan fingerprint density at radius 3 is 2.73 bits per heavy atom. The molecule has 0 radical (unpaired) electrons. The van der Waals surface area contributed by atoms with E-state index in [1.807, 2.05) is 6.07 Å². The van der Waals surface area contributed by atoms with E-state index in [0.29, 0.717) is 6.04 Å². The van der Waals surface area contributed by atoms with E-state index < -0.39 is 0 Å². The Hall–Kier alpha value is -0.570. The molecule has 0 amide bonds. The fourth-order valence-electron chi connectivity index (χ4n) is 2.58. The standard InChI is InChI=1S/C12H15BrN2/c1-15(9-7-12(8-9)5-6-12)11-4-2-3-10(13)14-11/h2-4,9H,5-8H2,1H3. The van der Waals surface area contributed by atoms with Crippen LogP contribution < -0.4 is 4.90 Å². The molecule has 0 aromatic carbocycles. The maximum atomic E-state index is 4.49. The van der Waals surface area contributed by atoms with Crippen LogP contribution in [-0.2, 0) is 0 Å². The molecule has 15 heavy (non-hydrogen) atoms. The lowest BCUT2D eigenvalue weighted by molar-refractivity contribution is 0.232. The van der Waals surface area contributed by atoms with Gasteiger partial charge >= 0.3 is 0 Å². The Balaban J connectivity index is 1.71. The Morgan fingerprint density at radius 1 is 1.40 bits per heavy atom. The molecule has 3 heteroatoms. The van der Waals surface area contributed by atoms with Crippen LogP contribution in [0.25, 0.3) is 0 Å². The largest absolute Gasteiger partial charge is 0.357 e. The van der Waals surface area contributed by atoms with Gasteiger partial charge in [0.2, 0.25) is 0 Å². The van der Waals surface area contributed by atoms with Crippen LogP contribution in [0.4, 0.5) is 5.82 Å². The monoisotopic (exact) mass is 266 g/mol.